The lowest BCUT2D eigenvalue weighted by atomic mass is 10.2. The van der Waals surface area contributed by atoms with Crippen molar-refractivity contribution in [2.75, 3.05) is 5.32 Å². The zero-order chi connectivity index (χ0) is 11.5. The highest BCUT2D eigenvalue weighted by Gasteiger charge is 2.05. The molecule has 1 N–H and O–H groups in total. The average Bonchev–Trinajstić information content (AvgIpc) is 2.69. The fraction of sp³-hybridized carbons (Fsp3) is 0.308. The molecule has 0 aliphatic rings. The summed E-state index contributed by atoms with van der Waals surface area (Å²) in [5.41, 5.74) is 2.33. The molecule has 2 aromatic rings. The molecule has 16 heavy (non-hydrogen) atoms. The van der Waals surface area contributed by atoms with E-state index < -0.39 is 0 Å². The molecule has 0 unspecified atom stereocenters. The van der Waals surface area contributed by atoms with E-state index in [-0.39, 0.29) is 0 Å². The molecule has 0 aliphatic carbocycles. The van der Waals surface area contributed by atoms with Gasteiger partial charge in [-0.3, -0.25) is 0 Å². The first-order valence-corrected chi connectivity index (χ1v) is 5.53. The van der Waals surface area contributed by atoms with Gasteiger partial charge in [0.15, 0.2) is 0 Å². The zero-order valence-corrected chi connectivity index (χ0v) is 9.94. The van der Waals surface area contributed by atoms with Crippen LogP contribution in [-0.2, 0) is 0 Å². The van der Waals surface area contributed by atoms with E-state index in [9.17, 15) is 0 Å². The Balaban J connectivity index is 2.20. The van der Waals surface area contributed by atoms with Gasteiger partial charge in [0.05, 0.1) is 0 Å². The van der Waals surface area contributed by atoms with Crippen molar-refractivity contribution in [2.45, 2.75) is 26.8 Å². The Labute approximate surface area is 96.1 Å². The number of imidazole rings is 1. The summed E-state index contributed by atoms with van der Waals surface area (Å²) in [4.78, 5) is 4.31. The molecule has 0 spiro atoms. The molecule has 1 aromatic carbocycles. The molecule has 0 saturated carbocycles. The summed E-state index contributed by atoms with van der Waals surface area (Å²) in [5.74, 6) is 0.888. The van der Waals surface area contributed by atoms with E-state index >= 15 is 0 Å². The number of hydrogen-bond acceptors (Lipinski definition) is 2. The van der Waals surface area contributed by atoms with E-state index in [0.717, 1.165) is 11.6 Å². The summed E-state index contributed by atoms with van der Waals surface area (Å²) < 4.78 is 2.11. The molecule has 0 radical (unpaired) electrons. The Morgan fingerprint density at radius 3 is 2.50 bits per heavy atom. The summed E-state index contributed by atoms with van der Waals surface area (Å²) in [6.45, 7) is 6.36. The average molecular weight is 215 g/mol. The van der Waals surface area contributed by atoms with Crippen molar-refractivity contribution in [3.63, 3.8) is 0 Å². The molecule has 0 saturated heterocycles. The zero-order valence-electron chi connectivity index (χ0n) is 9.94. The molecule has 0 aliphatic heterocycles. The highest BCUT2D eigenvalue weighted by Crippen LogP contribution is 2.18. The van der Waals surface area contributed by atoms with E-state index in [0.29, 0.717) is 6.04 Å². The quantitative estimate of drug-likeness (QED) is 0.849. The third kappa shape index (κ3) is 2.24. The molecule has 84 valence electrons. The molecular weight excluding hydrogens is 198 g/mol. The Morgan fingerprint density at radius 1 is 1.19 bits per heavy atom. The lowest BCUT2D eigenvalue weighted by molar-refractivity contribution is 0.608. The number of hydrogen-bond donors (Lipinski definition) is 1. The molecule has 0 bridgehead atoms. The Hall–Kier alpha value is -1.77. The highest BCUT2D eigenvalue weighted by atomic mass is 15.2. The maximum absolute atomic E-state index is 4.31. The van der Waals surface area contributed by atoms with E-state index in [1.165, 1.54) is 5.56 Å². The first-order chi connectivity index (χ1) is 7.66. The molecule has 0 fully saturated rings. The van der Waals surface area contributed by atoms with Gasteiger partial charge in [-0.1, -0.05) is 17.7 Å². The smallest absolute Gasteiger partial charge is 0.207 e. The van der Waals surface area contributed by atoms with Crippen molar-refractivity contribution in [1.82, 2.24) is 9.55 Å². The molecule has 3 nitrogen and oxygen atoms in total. The van der Waals surface area contributed by atoms with Crippen LogP contribution in [-0.4, -0.2) is 9.55 Å². The summed E-state index contributed by atoms with van der Waals surface area (Å²) >= 11 is 0. The van der Waals surface area contributed by atoms with Crippen LogP contribution in [0.25, 0.3) is 0 Å². The van der Waals surface area contributed by atoms with Crippen LogP contribution in [0, 0.1) is 6.92 Å². The van der Waals surface area contributed by atoms with Gasteiger partial charge in [0, 0.05) is 24.1 Å². The molecule has 0 atom stereocenters. The standard InChI is InChI=1S/C13H17N3/c1-10(2)16-9-8-14-13(16)15-12-6-4-11(3)5-7-12/h4-10H,1-3H3,(H,14,15). The summed E-state index contributed by atoms with van der Waals surface area (Å²) in [6, 6.07) is 8.72. The van der Waals surface area contributed by atoms with Gasteiger partial charge >= 0.3 is 0 Å². The van der Waals surface area contributed by atoms with Gasteiger partial charge in [-0.2, -0.15) is 0 Å². The molecule has 3 heteroatoms. The summed E-state index contributed by atoms with van der Waals surface area (Å²) in [6.07, 6.45) is 3.80. The van der Waals surface area contributed by atoms with E-state index in [1.807, 2.05) is 12.4 Å². The van der Waals surface area contributed by atoms with Crippen molar-refractivity contribution >= 4 is 11.6 Å². The Kier molecular flexibility index (Phi) is 2.95. The van der Waals surface area contributed by atoms with Gasteiger partial charge in [-0.05, 0) is 32.9 Å². The number of nitrogens with one attached hydrogen (secondary N) is 1. The SMILES string of the molecule is Cc1ccc(Nc2nccn2C(C)C)cc1. The third-order valence-electron chi connectivity index (χ3n) is 2.53. The van der Waals surface area contributed by atoms with Gasteiger partial charge in [0.1, 0.15) is 0 Å². The second-order valence-electron chi connectivity index (χ2n) is 4.24. The first-order valence-electron chi connectivity index (χ1n) is 5.53. The highest BCUT2D eigenvalue weighted by molar-refractivity contribution is 5.54. The number of aryl methyl sites for hydroxylation is 1. The fourth-order valence-electron chi connectivity index (χ4n) is 1.59. The maximum Gasteiger partial charge on any atom is 0.207 e. The molecule has 2 rings (SSSR count). The monoisotopic (exact) mass is 215 g/mol. The maximum atomic E-state index is 4.31. The van der Waals surface area contributed by atoms with Crippen molar-refractivity contribution in [3.8, 4) is 0 Å². The van der Waals surface area contributed by atoms with Crippen molar-refractivity contribution < 1.29 is 0 Å². The van der Waals surface area contributed by atoms with Crippen LogP contribution in [0.5, 0.6) is 0 Å². The van der Waals surface area contributed by atoms with Crippen LogP contribution >= 0.6 is 0 Å². The molecule has 1 aromatic heterocycles. The largest absolute Gasteiger partial charge is 0.326 e. The van der Waals surface area contributed by atoms with Crippen LogP contribution in [0.2, 0.25) is 0 Å². The predicted octanol–water partition coefficient (Wildman–Crippen LogP) is 3.52. The first kappa shape index (κ1) is 10.7. The van der Waals surface area contributed by atoms with Crippen LogP contribution < -0.4 is 5.32 Å². The topological polar surface area (TPSA) is 29.9 Å². The minimum Gasteiger partial charge on any atom is -0.326 e. The molecular formula is C13H17N3. The van der Waals surface area contributed by atoms with Crippen LogP contribution in [0.15, 0.2) is 36.7 Å². The second-order valence-corrected chi connectivity index (χ2v) is 4.24. The summed E-state index contributed by atoms with van der Waals surface area (Å²) in [7, 11) is 0. The normalized spacial score (nSPS) is 10.8. The minimum absolute atomic E-state index is 0.412. The van der Waals surface area contributed by atoms with Crippen LogP contribution in [0.3, 0.4) is 0 Å². The van der Waals surface area contributed by atoms with Crippen molar-refractivity contribution in [1.29, 1.82) is 0 Å². The number of nitrogens with zero attached hydrogens (tertiary/aromatic N) is 2. The molecule has 1 heterocycles. The number of anilines is 2. The summed E-state index contributed by atoms with van der Waals surface area (Å²) in [5, 5.41) is 3.31. The Morgan fingerprint density at radius 2 is 1.88 bits per heavy atom. The van der Waals surface area contributed by atoms with Crippen LogP contribution in [0.4, 0.5) is 11.6 Å². The predicted molar refractivity (Wildman–Crippen MR) is 67.1 cm³/mol. The van der Waals surface area contributed by atoms with Gasteiger partial charge < -0.3 is 9.88 Å². The number of rotatable bonds is 3. The van der Waals surface area contributed by atoms with Crippen molar-refractivity contribution in [3.05, 3.63) is 42.2 Å². The number of aromatic nitrogens is 2. The Bertz CT molecular complexity index is 454. The number of benzene rings is 1. The van der Waals surface area contributed by atoms with E-state index in [2.05, 4.69) is 59.9 Å². The second kappa shape index (κ2) is 4.39. The van der Waals surface area contributed by atoms with Gasteiger partial charge in [-0.15, -0.1) is 0 Å². The van der Waals surface area contributed by atoms with Crippen molar-refractivity contribution in [2.24, 2.45) is 0 Å². The lowest BCUT2D eigenvalue weighted by Crippen LogP contribution is -2.05. The van der Waals surface area contributed by atoms with Gasteiger partial charge in [-0.25, -0.2) is 4.98 Å². The van der Waals surface area contributed by atoms with E-state index in [4.69, 9.17) is 0 Å². The van der Waals surface area contributed by atoms with Gasteiger partial charge in [0.25, 0.3) is 0 Å². The van der Waals surface area contributed by atoms with Crippen LogP contribution in [0.1, 0.15) is 25.5 Å². The lowest BCUT2D eigenvalue weighted by Gasteiger charge is -2.12. The van der Waals surface area contributed by atoms with E-state index in [1.54, 1.807) is 0 Å². The third-order valence-corrected chi connectivity index (χ3v) is 2.53. The molecule has 0 amide bonds. The van der Waals surface area contributed by atoms with Gasteiger partial charge in [0.2, 0.25) is 5.95 Å². The minimum atomic E-state index is 0.412. The fourth-order valence-corrected chi connectivity index (χ4v) is 1.59.